The minimum atomic E-state index is -0.460. The minimum absolute atomic E-state index is 0.0384. The first-order valence-electron chi connectivity index (χ1n) is 11.7. The number of nitrogens with zero attached hydrogens (tertiary/aromatic N) is 5. The summed E-state index contributed by atoms with van der Waals surface area (Å²) in [6, 6.07) is 9.27. The lowest BCUT2D eigenvalue weighted by atomic mass is 10.1. The van der Waals surface area contributed by atoms with Crippen molar-refractivity contribution in [3.05, 3.63) is 63.1 Å². The number of fused-ring (bicyclic) bond motifs is 1. The van der Waals surface area contributed by atoms with Crippen LogP contribution >= 0.6 is 0 Å². The second kappa shape index (κ2) is 9.07. The van der Waals surface area contributed by atoms with Gasteiger partial charge < -0.3 is 15.2 Å². The van der Waals surface area contributed by atoms with Crippen LogP contribution in [-0.2, 0) is 6.54 Å². The number of nitrogens with one attached hydrogen (secondary N) is 2. The summed E-state index contributed by atoms with van der Waals surface area (Å²) in [6.45, 7) is 5.95. The number of aromatic nitrogens is 3. The van der Waals surface area contributed by atoms with E-state index in [0.717, 1.165) is 12.8 Å². The summed E-state index contributed by atoms with van der Waals surface area (Å²) in [5.41, 5.74) is 2.11. The quantitative estimate of drug-likeness (QED) is 0.581. The molecule has 1 aliphatic heterocycles. The fraction of sp³-hybridized carbons (Fsp3) is 0.400. The maximum absolute atomic E-state index is 15.1. The van der Waals surface area contributed by atoms with E-state index in [1.807, 2.05) is 6.92 Å². The van der Waals surface area contributed by atoms with E-state index < -0.39 is 11.4 Å². The second-order valence-electron chi connectivity index (χ2n) is 9.29. The summed E-state index contributed by atoms with van der Waals surface area (Å²) in [5.74, 6) is -0.712. The summed E-state index contributed by atoms with van der Waals surface area (Å²) < 4.78 is 15.1. The van der Waals surface area contributed by atoms with Gasteiger partial charge in [0, 0.05) is 43.8 Å². The molecule has 35 heavy (non-hydrogen) atoms. The number of nitriles is 1. The van der Waals surface area contributed by atoms with Gasteiger partial charge in [-0.1, -0.05) is 6.07 Å². The zero-order valence-corrected chi connectivity index (χ0v) is 19.6. The SMILES string of the molecule is Cc1nc2ccc(CN3CCN(c4ccc(C(=O)NC5CC5)nc4C#N)[C@H](C)C3)c(F)c2[nH]c1=O. The molecule has 3 aromatic rings. The van der Waals surface area contributed by atoms with E-state index >= 15 is 4.39 Å². The van der Waals surface area contributed by atoms with Crippen LogP contribution in [0.5, 0.6) is 0 Å². The third-order valence-electron chi connectivity index (χ3n) is 6.60. The highest BCUT2D eigenvalue weighted by Gasteiger charge is 2.28. The molecule has 0 radical (unpaired) electrons. The van der Waals surface area contributed by atoms with Crippen molar-refractivity contribution in [2.45, 2.75) is 45.3 Å². The van der Waals surface area contributed by atoms with E-state index in [2.05, 4.69) is 36.1 Å². The number of hydrogen-bond donors (Lipinski definition) is 2. The lowest BCUT2D eigenvalue weighted by Gasteiger charge is -2.41. The van der Waals surface area contributed by atoms with Gasteiger partial charge in [-0.3, -0.25) is 14.5 Å². The van der Waals surface area contributed by atoms with Gasteiger partial charge >= 0.3 is 0 Å². The Balaban J connectivity index is 1.30. The monoisotopic (exact) mass is 475 g/mol. The predicted molar refractivity (Wildman–Crippen MR) is 129 cm³/mol. The summed E-state index contributed by atoms with van der Waals surface area (Å²) in [6.07, 6.45) is 1.96. The van der Waals surface area contributed by atoms with Crippen molar-refractivity contribution in [2.24, 2.45) is 0 Å². The van der Waals surface area contributed by atoms with Crippen molar-refractivity contribution in [3.8, 4) is 6.07 Å². The maximum Gasteiger partial charge on any atom is 0.270 e. The summed E-state index contributed by atoms with van der Waals surface area (Å²) in [7, 11) is 0. The minimum Gasteiger partial charge on any atom is -0.364 e. The van der Waals surface area contributed by atoms with Crippen LogP contribution in [-0.4, -0.2) is 57.5 Å². The van der Waals surface area contributed by atoms with Crippen molar-refractivity contribution >= 4 is 22.6 Å². The number of anilines is 1. The topological polar surface area (TPSA) is 118 Å². The van der Waals surface area contributed by atoms with Crippen LogP contribution in [0.15, 0.2) is 29.1 Å². The zero-order valence-electron chi connectivity index (χ0n) is 19.6. The van der Waals surface area contributed by atoms with Crippen molar-refractivity contribution in [3.63, 3.8) is 0 Å². The number of amides is 1. The van der Waals surface area contributed by atoms with Gasteiger partial charge in [0.1, 0.15) is 23.0 Å². The number of piperazine rings is 1. The third-order valence-corrected chi connectivity index (χ3v) is 6.60. The molecule has 1 saturated heterocycles. The lowest BCUT2D eigenvalue weighted by Crippen LogP contribution is -2.52. The van der Waals surface area contributed by atoms with Crippen LogP contribution < -0.4 is 15.8 Å². The van der Waals surface area contributed by atoms with Crippen LogP contribution in [0.1, 0.15) is 47.2 Å². The van der Waals surface area contributed by atoms with Crippen LogP contribution in [0.4, 0.5) is 10.1 Å². The highest BCUT2D eigenvalue weighted by Crippen LogP contribution is 2.26. The van der Waals surface area contributed by atoms with Gasteiger partial charge in [0.15, 0.2) is 11.5 Å². The molecule has 2 aliphatic rings. The van der Waals surface area contributed by atoms with Crippen molar-refractivity contribution in [2.75, 3.05) is 24.5 Å². The number of carbonyl (C=O) groups excluding carboxylic acids is 1. The molecule has 2 fully saturated rings. The molecular weight excluding hydrogens is 449 g/mol. The largest absolute Gasteiger partial charge is 0.364 e. The number of H-pyrrole nitrogens is 1. The summed E-state index contributed by atoms with van der Waals surface area (Å²) in [5, 5.41) is 12.6. The van der Waals surface area contributed by atoms with E-state index in [4.69, 9.17) is 0 Å². The molecular formula is C25H26FN7O2. The van der Waals surface area contributed by atoms with Gasteiger partial charge in [-0.25, -0.2) is 14.4 Å². The average Bonchev–Trinajstić information content (AvgIpc) is 3.66. The average molecular weight is 476 g/mol. The molecule has 1 amide bonds. The Morgan fingerprint density at radius 3 is 2.77 bits per heavy atom. The zero-order chi connectivity index (χ0) is 24.7. The first kappa shape index (κ1) is 22.9. The van der Waals surface area contributed by atoms with Gasteiger partial charge in [-0.05, 0) is 44.9 Å². The van der Waals surface area contributed by atoms with Crippen LogP contribution in [0, 0.1) is 24.1 Å². The number of halogens is 1. The Kier molecular flexibility index (Phi) is 5.94. The highest BCUT2D eigenvalue weighted by molar-refractivity contribution is 5.93. The number of aromatic amines is 1. The van der Waals surface area contributed by atoms with E-state index in [1.165, 1.54) is 0 Å². The van der Waals surface area contributed by atoms with E-state index in [-0.39, 0.29) is 34.9 Å². The molecule has 2 N–H and O–H groups in total. The number of aryl methyl sites for hydroxylation is 1. The molecule has 0 spiro atoms. The molecule has 2 aromatic heterocycles. The predicted octanol–water partition coefficient (Wildman–Crippen LogP) is 2.24. The molecule has 0 unspecified atom stereocenters. The lowest BCUT2D eigenvalue weighted by molar-refractivity contribution is 0.0946. The molecule has 0 bridgehead atoms. The number of hydrogen-bond acceptors (Lipinski definition) is 7. The van der Waals surface area contributed by atoms with Crippen LogP contribution in [0.2, 0.25) is 0 Å². The maximum atomic E-state index is 15.1. The Hall–Kier alpha value is -3.84. The smallest absolute Gasteiger partial charge is 0.270 e. The van der Waals surface area contributed by atoms with E-state index in [1.54, 1.807) is 31.2 Å². The molecule has 1 atom stereocenters. The number of carbonyl (C=O) groups is 1. The molecule has 180 valence electrons. The van der Waals surface area contributed by atoms with E-state index in [0.29, 0.717) is 48.6 Å². The molecule has 5 rings (SSSR count). The Morgan fingerprint density at radius 1 is 1.26 bits per heavy atom. The van der Waals surface area contributed by atoms with Crippen molar-refractivity contribution in [1.82, 2.24) is 25.2 Å². The van der Waals surface area contributed by atoms with Gasteiger partial charge in [0.05, 0.1) is 11.2 Å². The number of pyridine rings is 1. The molecule has 1 saturated carbocycles. The van der Waals surface area contributed by atoms with E-state index in [9.17, 15) is 14.9 Å². The van der Waals surface area contributed by atoms with Crippen LogP contribution in [0.3, 0.4) is 0 Å². The van der Waals surface area contributed by atoms with Gasteiger partial charge in [0.2, 0.25) is 0 Å². The van der Waals surface area contributed by atoms with Crippen LogP contribution in [0.25, 0.3) is 11.0 Å². The second-order valence-corrected chi connectivity index (χ2v) is 9.29. The highest BCUT2D eigenvalue weighted by atomic mass is 19.1. The number of rotatable bonds is 5. The molecule has 9 nitrogen and oxygen atoms in total. The van der Waals surface area contributed by atoms with Gasteiger partial charge in [-0.2, -0.15) is 5.26 Å². The van der Waals surface area contributed by atoms with Gasteiger partial charge in [0.25, 0.3) is 11.5 Å². The first-order valence-corrected chi connectivity index (χ1v) is 11.7. The standard InChI is InChI=1S/C25H26FN7O2/c1-14-12-32(13-16-3-6-18-23(22(16)26)31-24(34)15(2)28-18)9-10-33(14)21-8-7-19(30-20(21)11-27)25(35)29-17-4-5-17/h3,6-8,14,17H,4-5,9-10,12-13H2,1-2H3,(H,29,35)(H,31,34)/t14-/m1/s1. The summed E-state index contributed by atoms with van der Waals surface area (Å²) in [4.78, 5) is 39.5. The van der Waals surface area contributed by atoms with Crippen molar-refractivity contribution in [1.29, 1.82) is 5.26 Å². The fourth-order valence-corrected chi connectivity index (χ4v) is 4.53. The normalized spacial score (nSPS) is 18.5. The Bertz CT molecular complexity index is 1410. The summed E-state index contributed by atoms with van der Waals surface area (Å²) >= 11 is 0. The van der Waals surface area contributed by atoms with Gasteiger partial charge in [-0.15, -0.1) is 0 Å². The molecule has 3 heterocycles. The molecule has 1 aromatic carbocycles. The fourth-order valence-electron chi connectivity index (χ4n) is 4.53. The van der Waals surface area contributed by atoms with Crippen molar-refractivity contribution < 1.29 is 9.18 Å². The first-order chi connectivity index (χ1) is 16.8. The third kappa shape index (κ3) is 4.59. The Morgan fingerprint density at radius 2 is 2.06 bits per heavy atom. The molecule has 1 aliphatic carbocycles. The molecule has 10 heteroatoms. The Labute approximate surface area is 201 Å². The number of benzene rings is 1.